The molecule has 0 heterocycles. The van der Waals surface area contributed by atoms with E-state index in [4.69, 9.17) is 14.3 Å². The van der Waals surface area contributed by atoms with Gasteiger partial charge in [0.2, 0.25) is 12.1 Å². The van der Waals surface area contributed by atoms with E-state index in [1.807, 2.05) is 88.4 Å². The maximum Gasteiger partial charge on any atom is 0.408 e. The van der Waals surface area contributed by atoms with Crippen molar-refractivity contribution in [1.82, 2.24) is 21.0 Å². The van der Waals surface area contributed by atoms with Crippen molar-refractivity contribution in [2.45, 2.75) is 65.5 Å². The number of carbonyl (C=O) groups is 4. The van der Waals surface area contributed by atoms with Crippen molar-refractivity contribution in [2.75, 3.05) is 20.8 Å². The van der Waals surface area contributed by atoms with Gasteiger partial charge in [0.25, 0.3) is 11.8 Å². The van der Waals surface area contributed by atoms with Crippen LogP contribution in [0, 0.1) is 11.8 Å². The first-order valence-electron chi connectivity index (χ1n) is 14.0. The lowest BCUT2D eigenvalue weighted by Crippen LogP contribution is -2.58. The molecule has 0 aliphatic heterocycles. The molecule has 11 nitrogen and oxygen atoms in total. The Morgan fingerprint density at radius 1 is 0.762 bits per heavy atom. The Labute approximate surface area is 248 Å². The summed E-state index contributed by atoms with van der Waals surface area (Å²) in [5, 5.41) is 8.96. The maximum absolute atomic E-state index is 13.5. The Morgan fingerprint density at radius 2 is 1.36 bits per heavy atom. The van der Waals surface area contributed by atoms with Crippen LogP contribution in [0.2, 0.25) is 0 Å². The summed E-state index contributed by atoms with van der Waals surface area (Å²) in [7, 11) is 2.80. The van der Waals surface area contributed by atoms with Crippen LogP contribution in [0.25, 0.3) is 0 Å². The maximum atomic E-state index is 13.5. The molecule has 230 valence electrons. The van der Waals surface area contributed by atoms with Crippen molar-refractivity contribution in [2.24, 2.45) is 11.8 Å². The van der Waals surface area contributed by atoms with Crippen molar-refractivity contribution < 1.29 is 33.5 Å². The summed E-state index contributed by atoms with van der Waals surface area (Å²) in [5.41, 5.74) is 1.58. The van der Waals surface area contributed by atoms with Gasteiger partial charge in [0.15, 0.2) is 0 Å². The number of hydrogen-bond acceptors (Lipinski definition) is 7. The highest BCUT2D eigenvalue weighted by Gasteiger charge is 2.32. The molecular weight excluding hydrogens is 540 g/mol. The van der Waals surface area contributed by atoms with Crippen molar-refractivity contribution in [3.05, 3.63) is 71.8 Å². The zero-order valence-corrected chi connectivity index (χ0v) is 25.3. The highest BCUT2D eigenvalue weighted by Crippen LogP contribution is 2.10. The molecular formula is C31H44N4O7. The van der Waals surface area contributed by atoms with Gasteiger partial charge in [-0.15, -0.1) is 0 Å². The normalized spacial score (nSPS) is 13.1. The van der Waals surface area contributed by atoms with E-state index in [1.165, 1.54) is 14.2 Å². The number of hydroxylamine groups is 2. The lowest BCUT2D eigenvalue weighted by atomic mass is 10.0. The van der Waals surface area contributed by atoms with Gasteiger partial charge < -0.3 is 25.4 Å². The van der Waals surface area contributed by atoms with E-state index in [1.54, 1.807) is 0 Å². The van der Waals surface area contributed by atoms with Gasteiger partial charge in [-0.3, -0.25) is 19.2 Å². The lowest BCUT2D eigenvalue weighted by Gasteiger charge is -2.27. The molecule has 0 aromatic heterocycles. The zero-order chi connectivity index (χ0) is 31.1. The van der Waals surface area contributed by atoms with Crippen molar-refractivity contribution in [1.29, 1.82) is 0 Å². The predicted molar refractivity (Wildman–Crippen MR) is 158 cm³/mol. The van der Waals surface area contributed by atoms with Gasteiger partial charge in [-0.25, -0.2) is 9.86 Å². The van der Waals surface area contributed by atoms with E-state index < -0.39 is 42.1 Å². The Balaban J connectivity index is 2.22. The van der Waals surface area contributed by atoms with Crippen LogP contribution in [0.15, 0.2) is 60.7 Å². The average molecular weight is 585 g/mol. The third-order valence-electron chi connectivity index (χ3n) is 6.12. The van der Waals surface area contributed by atoms with E-state index in [0.717, 1.165) is 16.2 Å². The summed E-state index contributed by atoms with van der Waals surface area (Å²) in [6.45, 7) is 7.83. The molecule has 3 N–H and O–H groups in total. The minimum atomic E-state index is -1.42. The largest absolute Gasteiger partial charge is 0.445 e. The van der Waals surface area contributed by atoms with Crippen LogP contribution in [-0.4, -0.2) is 68.0 Å². The fourth-order valence-electron chi connectivity index (χ4n) is 3.92. The van der Waals surface area contributed by atoms with E-state index in [2.05, 4.69) is 16.0 Å². The number of ether oxygens (including phenoxy) is 2. The van der Waals surface area contributed by atoms with Crippen molar-refractivity contribution in [3.8, 4) is 0 Å². The molecule has 0 aliphatic carbocycles. The molecule has 2 aromatic carbocycles. The van der Waals surface area contributed by atoms with E-state index in [-0.39, 0.29) is 31.5 Å². The van der Waals surface area contributed by atoms with Gasteiger partial charge in [0, 0.05) is 13.5 Å². The van der Waals surface area contributed by atoms with E-state index in [9.17, 15) is 19.2 Å². The highest BCUT2D eigenvalue weighted by atomic mass is 16.7. The molecule has 0 fully saturated rings. The predicted octanol–water partition coefficient (Wildman–Crippen LogP) is 3.19. The van der Waals surface area contributed by atoms with E-state index >= 15 is 0 Å². The average Bonchev–Trinajstić information content (AvgIpc) is 2.97. The van der Waals surface area contributed by atoms with Crippen LogP contribution in [0.5, 0.6) is 0 Å². The Bertz CT molecular complexity index is 1130. The van der Waals surface area contributed by atoms with Crippen LogP contribution in [0.4, 0.5) is 4.79 Å². The number of likely N-dealkylation sites (N-methyl/N-ethyl adjacent to an activating group) is 1. The zero-order valence-electron chi connectivity index (χ0n) is 25.3. The topological polar surface area (TPSA) is 135 Å². The summed E-state index contributed by atoms with van der Waals surface area (Å²) in [5.74, 6) is -1.66. The molecule has 4 amide bonds. The van der Waals surface area contributed by atoms with Gasteiger partial charge in [0.1, 0.15) is 18.7 Å². The molecule has 3 atom stereocenters. The van der Waals surface area contributed by atoms with Gasteiger partial charge in [-0.05, 0) is 29.4 Å². The first-order chi connectivity index (χ1) is 20.0. The Morgan fingerprint density at radius 3 is 1.90 bits per heavy atom. The Hall–Kier alpha value is -3.96. The van der Waals surface area contributed by atoms with Gasteiger partial charge >= 0.3 is 6.09 Å². The van der Waals surface area contributed by atoms with Gasteiger partial charge in [-0.2, -0.15) is 0 Å². The van der Waals surface area contributed by atoms with Crippen LogP contribution in [0.3, 0.4) is 0 Å². The van der Waals surface area contributed by atoms with Crippen LogP contribution < -0.4 is 16.0 Å². The monoisotopic (exact) mass is 584 g/mol. The molecule has 2 aromatic rings. The van der Waals surface area contributed by atoms with Crippen LogP contribution in [-0.2, 0) is 41.7 Å². The molecule has 0 saturated carbocycles. The molecule has 11 heteroatoms. The first kappa shape index (κ1) is 34.2. The van der Waals surface area contributed by atoms with Crippen LogP contribution in [0.1, 0.15) is 45.2 Å². The molecule has 0 saturated heterocycles. The third-order valence-corrected chi connectivity index (χ3v) is 6.12. The molecule has 0 bridgehead atoms. The highest BCUT2D eigenvalue weighted by molar-refractivity contribution is 5.93. The molecule has 2 rings (SSSR count). The minimum Gasteiger partial charge on any atom is -0.445 e. The number of carbonyl (C=O) groups excluding carboxylic acids is 4. The molecule has 0 radical (unpaired) electrons. The molecule has 42 heavy (non-hydrogen) atoms. The fraction of sp³-hybridized carbons (Fsp3) is 0.484. The lowest BCUT2D eigenvalue weighted by molar-refractivity contribution is -0.172. The van der Waals surface area contributed by atoms with Crippen molar-refractivity contribution in [3.63, 3.8) is 0 Å². The van der Waals surface area contributed by atoms with E-state index in [0.29, 0.717) is 6.42 Å². The first-order valence-corrected chi connectivity index (χ1v) is 14.0. The summed E-state index contributed by atoms with van der Waals surface area (Å²) in [4.78, 5) is 57.5. The number of amides is 4. The third kappa shape index (κ3) is 12.3. The summed E-state index contributed by atoms with van der Waals surface area (Å²) in [6, 6.07) is 16.3. The number of alkyl carbamates (subject to hydrolysis) is 1. The molecule has 0 aliphatic rings. The SMILES string of the molecule is CON(C)C(=O)[C@H](CC(C)C)NC(=O)C(NC(=O)[C@H](Cc1ccccc1)NC(=O)OCc1ccccc1)OCC(C)C. The fourth-order valence-corrected chi connectivity index (χ4v) is 3.92. The Kier molecular flexibility index (Phi) is 14.5. The summed E-state index contributed by atoms with van der Waals surface area (Å²) >= 11 is 0. The van der Waals surface area contributed by atoms with Crippen molar-refractivity contribution >= 4 is 23.8 Å². The number of benzene rings is 2. The molecule has 1 unspecified atom stereocenters. The standard InChI is InChI=1S/C31H44N4O7/c1-21(2)17-26(30(38)35(5)40-6)32-28(37)29(41-19-22(3)4)34-27(36)25(18-23-13-9-7-10-14-23)33-31(39)42-20-24-15-11-8-12-16-24/h7-16,21-22,25-26,29H,17-20H2,1-6H3,(H,32,37)(H,33,39)(H,34,36)/t25-,26-,29?/m0/s1. The second kappa shape index (κ2) is 17.8. The number of hydrogen-bond donors (Lipinski definition) is 3. The number of nitrogens with one attached hydrogen (secondary N) is 3. The number of rotatable bonds is 16. The molecule has 0 spiro atoms. The number of nitrogens with zero attached hydrogens (tertiary/aromatic N) is 1. The summed E-state index contributed by atoms with van der Waals surface area (Å²) in [6.07, 6.45) is -1.73. The van der Waals surface area contributed by atoms with Gasteiger partial charge in [0.05, 0.1) is 13.7 Å². The smallest absolute Gasteiger partial charge is 0.408 e. The van der Waals surface area contributed by atoms with Gasteiger partial charge in [-0.1, -0.05) is 88.4 Å². The second-order valence-electron chi connectivity index (χ2n) is 10.8. The summed E-state index contributed by atoms with van der Waals surface area (Å²) < 4.78 is 11.1. The quantitative estimate of drug-likeness (QED) is 0.204. The second-order valence-corrected chi connectivity index (χ2v) is 10.8. The van der Waals surface area contributed by atoms with Crippen LogP contribution >= 0.6 is 0 Å². The minimum absolute atomic E-state index is 0.0239.